The summed E-state index contributed by atoms with van der Waals surface area (Å²) in [4.78, 5) is 11.6. The van der Waals surface area contributed by atoms with Crippen molar-refractivity contribution in [2.45, 2.75) is 26.4 Å². The molecule has 0 aliphatic carbocycles. The van der Waals surface area contributed by atoms with E-state index in [1.165, 1.54) is 0 Å². The average Bonchev–Trinajstić information content (AvgIpc) is 2.29. The molecule has 1 rings (SSSR count). The first-order valence-electron chi connectivity index (χ1n) is 5.39. The van der Waals surface area contributed by atoms with E-state index in [2.05, 4.69) is 5.32 Å². The fourth-order valence-corrected chi connectivity index (χ4v) is 1.67. The molecule has 0 aliphatic heterocycles. The lowest BCUT2D eigenvalue weighted by molar-refractivity contribution is -0.123. The van der Waals surface area contributed by atoms with E-state index < -0.39 is 6.04 Å². The lowest BCUT2D eigenvalue weighted by Gasteiger charge is -2.15. The van der Waals surface area contributed by atoms with Crippen molar-refractivity contribution in [2.24, 2.45) is 11.7 Å². The number of benzene rings is 1. The summed E-state index contributed by atoms with van der Waals surface area (Å²) in [7, 11) is 0. The number of amides is 1. The lowest BCUT2D eigenvalue weighted by Crippen LogP contribution is -2.43. The molecular formula is C12H16Cl2N2O. The van der Waals surface area contributed by atoms with Crippen LogP contribution in [0.15, 0.2) is 18.2 Å². The Hall–Kier alpha value is -0.770. The molecule has 3 N–H and O–H groups in total. The molecular weight excluding hydrogens is 259 g/mol. The van der Waals surface area contributed by atoms with Crippen LogP contribution in [0.1, 0.15) is 19.4 Å². The number of rotatable bonds is 4. The highest BCUT2D eigenvalue weighted by Gasteiger charge is 2.17. The van der Waals surface area contributed by atoms with Crippen LogP contribution in [0.4, 0.5) is 0 Å². The van der Waals surface area contributed by atoms with Crippen LogP contribution in [0, 0.1) is 5.92 Å². The Bertz CT molecular complexity index is 407. The standard InChI is InChI=1S/C12H16Cl2N2O/c1-7(2)11(15)12(17)16-6-8-4-3-5-9(13)10(8)14/h3-5,7,11H,6,15H2,1-2H3,(H,16,17). The van der Waals surface area contributed by atoms with E-state index in [4.69, 9.17) is 28.9 Å². The summed E-state index contributed by atoms with van der Waals surface area (Å²) in [6.45, 7) is 4.13. The molecule has 0 aliphatic rings. The molecule has 1 aromatic rings. The highest BCUT2D eigenvalue weighted by molar-refractivity contribution is 6.42. The van der Waals surface area contributed by atoms with Gasteiger partial charge in [-0.15, -0.1) is 0 Å². The third-order valence-corrected chi connectivity index (χ3v) is 3.36. The maximum absolute atomic E-state index is 11.6. The van der Waals surface area contributed by atoms with Gasteiger partial charge in [-0.05, 0) is 17.5 Å². The minimum absolute atomic E-state index is 0.102. The predicted molar refractivity (Wildman–Crippen MR) is 71.1 cm³/mol. The van der Waals surface area contributed by atoms with E-state index in [1.54, 1.807) is 12.1 Å². The molecule has 1 amide bonds. The zero-order valence-corrected chi connectivity index (χ0v) is 11.3. The first-order valence-corrected chi connectivity index (χ1v) is 6.15. The smallest absolute Gasteiger partial charge is 0.237 e. The number of hydrogen-bond acceptors (Lipinski definition) is 2. The second kappa shape index (κ2) is 6.24. The number of nitrogens with two attached hydrogens (primary N) is 1. The first kappa shape index (κ1) is 14.3. The Balaban J connectivity index is 2.62. The van der Waals surface area contributed by atoms with Gasteiger partial charge in [0.25, 0.3) is 0 Å². The second-order valence-electron chi connectivity index (χ2n) is 4.20. The summed E-state index contributed by atoms with van der Waals surface area (Å²) in [5.74, 6) is -0.0825. The van der Waals surface area contributed by atoms with Crippen molar-refractivity contribution in [3.63, 3.8) is 0 Å². The van der Waals surface area contributed by atoms with Gasteiger partial charge in [-0.1, -0.05) is 49.2 Å². The largest absolute Gasteiger partial charge is 0.351 e. The molecule has 0 fully saturated rings. The zero-order valence-electron chi connectivity index (χ0n) is 9.84. The molecule has 0 heterocycles. The molecule has 0 saturated carbocycles. The third kappa shape index (κ3) is 3.87. The van der Waals surface area contributed by atoms with Crippen molar-refractivity contribution in [2.75, 3.05) is 0 Å². The number of carbonyl (C=O) groups excluding carboxylic acids is 1. The highest BCUT2D eigenvalue weighted by atomic mass is 35.5. The molecule has 0 aromatic heterocycles. The normalized spacial score (nSPS) is 12.6. The third-order valence-electron chi connectivity index (χ3n) is 2.51. The number of hydrogen-bond donors (Lipinski definition) is 2. The van der Waals surface area contributed by atoms with Crippen LogP contribution >= 0.6 is 23.2 Å². The Morgan fingerprint density at radius 2 is 2.06 bits per heavy atom. The molecule has 1 aromatic carbocycles. The SMILES string of the molecule is CC(C)C(N)C(=O)NCc1cccc(Cl)c1Cl. The molecule has 0 bridgehead atoms. The van der Waals surface area contributed by atoms with E-state index in [0.717, 1.165) is 5.56 Å². The van der Waals surface area contributed by atoms with E-state index in [9.17, 15) is 4.79 Å². The van der Waals surface area contributed by atoms with Gasteiger partial charge in [-0.2, -0.15) is 0 Å². The second-order valence-corrected chi connectivity index (χ2v) is 4.99. The zero-order chi connectivity index (χ0) is 13.0. The average molecular weight is 275 g/mol. The van der Waals surface area contributed by atoms with Crippen molar-refractivity contribution in [1.82, 2.24) is 5.32 Å². The van der Waals surface area contributed by atoms with E-state index in [0.29, 0.717) is 16.6 Å². The lowest BCUT2D eigenvalue weighted by atomic mass is 10.0. The van der Waals surface area contributed by atoms with Crippen LogP contribution < -0.4 is 11.1 Å². The first-order chi connectivity index (χ1) is 7.93. The van der Waals surface area contributed by atoms with E-state index in [1.807, 2.05) is 19.9 Å². The predicted octanol–water partition coefficient (Wildman–Crippen LogP) is 2.59. The van der Waals surface area contributed by atoms with Crippen molar-refractivity contribution < 1.29 is 4.79 Å². The van der Waals surface area contributed by atoms with Gasteiger partial charge >= 0.3 is 0 Å². The Kier molecular flexibility index (Phi) is 5.25. The van der Waals surface area contributed by atoms with Gasteiger partial charge in [0.15, 0.2) is 0 Å². The van der Waals surface area contributed by atoms with Crippen LogP contribution in [-0.4, -0.2) is 11.9 Å². The van der Waals surface area contributed by atoms with Crippen molar-refractivity contribution >= 4 is 29.1 Å². The number of nitrogens with one attached hydrogen (secondary N) is 1. The van der Waals surface area contributed by atoms with Gasteiger partial charge in [0, 0.05) is 6.54 Å². The molecule has 0 saturated heterocycles. The molecule has 0 radical (unpaired) electrons. The molecule has 1 unspecified atom stereocenters. The summed E-state index contributed by atoms with van der Waals surface area (Å²) < 4.78 is 0. The summed E-state index contributed by atoms with van der Waals surface area (Å²) in [6, 6.07) is 4.80. The van der Waals surface area contributed by atoms with Gasteiger partial charge < -0.3 is 11.1 Å². The summed E-state index contributed by atoms with van der Waals surface area (Å²) in [5.41, 5.74) is 6.50. The molecule has 94 valence electrons. The van der Waals surface area contributed by atoms with Crippen molar-refractivity contribution in [3.05, 3.63) is 33.8 Å². The Morgan fingerprint density at radius 1 is 1.41 bits per heavy atom. The quantitative estimate of drug-likeness (QED) is 0.887. The summed E-state index contributed by atoms with van der Waals surface area (Å²) in [5, 5.41) is 3.68. The maximum Gasteiger partial charge on any atom is 0.237 e. The summed E-state index contributed by atoms with van der Waals surface area (Å²) in [6.07, 6.45) is 0. The highest BCUT2D eigenvalue weighted by Crippen LogP contribution is 2.25. The van der Waals surface area contributed by atoms with Gasteiger partial charge in [-0.3, -0.25) is 4.79 Å². The van der Waals surface area contributed by atoms with Crippen LogP contribution in [0.25, 0.3) is 0 Å². The van der Waals surface area contributed by atoms with Crippen LogP contribution in [0.5, 0.6) is 0 Å². The van der Waals surface area contributed by atoms with Crippen molar-refractivity contribution in [3.8, 4) is 0 Å². The molecule has 17 heavy (non-hydrogen) atoms. The number of carbonyl (C=O) groups is 1. The Morgan fingerprint density at radius 3 is 2.65 bits per heavy atom. The summed E-state index contributed by atoms with van der Waals surface area (Å²) >= 11 is 11.9. The van der Waals surface area contributed by atoms with E-state index >= 15 is 0 Å². The van der Waals surface area contributed by atoms with Crippen molar-refractivity contribution in [1.29, 1.82) is 0 Å². The minimum Gasteiger partial charge on any atom is -0.351 e. The van der Waals surface area contributed by atoms with Crippen LogP contribution in [0.3, 0.4) is 0 Å². The maximum atomic E-state index is 11.6. The molecule has 1 atom stereocenters. The van der Waals surface area contributed by atoms with Gasteiger partial charge in [0.2, 0.25) is 5.91 Å². The van der Waals surface area contributed by atoms with Gasteiger partial charge in [-0.25, -0.2) is 0 Å². The van der Waals surface area contributed by atoms with Crippen LogP contribution in [-0.2, 0) is 11.3 Å². The fourth-order valence-electron chi connectivity index (χ4n) is 1.29. The molecule has 3 nitrogen and oxygen atoms in total. The fraction of sp³-hybridized carbons (Fsp3) is 0.417. The Labute approximate surface area is 111 Å². The van der Waals surface area contributed by atoms with Crippen LogP contribution in [0.2, 0.25) is 10.0 Å². The number of halogens is 2. The van der Waals surface area contributed by atoms with Gasteiger partial charge in [0.1, 0.15) is 0 Å². The topological polar surface area (TPSA) is 55.1 Å². The molecule has 5 heteroatoms. The monoisotopic (exact) mass is 274 g/mol. The van der Waals surface area contributed by atoms with Gasteiger partial charge in [0.05, 0.1) is 16.1 Å². The molecule has 0 spiro atoms. The van der Waals surface area contributed by atoms with E-state index in [-0.39, 0.29) is 11.8 Å². The minimum atomic E-state index is -0.507.